The van der Waals surface area contributed by atoms with Crippen molar-refractivity contribution in [3.63, 3.8) is 0 Å². The van der Waals surface area contributed by atoms with Crippen molar-refractivity contribution in [2.24, 2.45) is 4.99 Å². The molecule has 1 aliphatic heterocycles. The van der Waals surface area contributed by atoms with Crippen molar-refractivity contribution in [2.45, 2.75) is 82.8 Å². The number of nitrogens with zero attached hydrogens (tertiary/aromatic N) is 1. The van der Waals surface area contributed by atoms with E-state index in [4.69, 9.17) is 4.99 Å². The van der Waals surface area contributed by atoms with Crippen LogP contribution < -0.4 is 0 Å². The molecule has 0 amide bonds. The van der Waals surface area contributed by atoms with Crippen LogP contribution in [0.15, 0.2) is 4.99 Å². The first-order chi connectivity index (χ1) is 7.71. The summed E-state index contributed by atoms with van der Waals surface area (Å²) in [5.41, 5.74) is 1.50. The van der Waals surface area contributed by atoms with Crippen molar-refractivity contribution in [3.8, 4) is 0 Å². The average molecular weight is 241 g/mol. The molecule has 2 heteroatoms. The molecule has 0 saturated carbocycles. The second kappa shape index (κ2) is 6.68. The van der Waals surface area contributed by atoms with Gasteiger partial charge in [0.2, 0.25) is 0 Å². The van der Waals surface area contributed by atoms with E-state index in [1.54, 1.807) is 0 Å². The van der Waals surface area contributed by atoms with Gasteiger partial charge in [-0.05, 0) is 25.7 Å². The molecule has 0 bridgehead atoms. The fourth-order valence-corrected chi connectivity index (χ4v) is 4.44. The van der Waals surface area contributed by atoms with E-state index in [0.29, 0.717) is 5.25 Å². The third-order valence-electron chi connectivity index (χ3n) is 3.24. The zero-order valence-corrected chi connectivity index (χ0v) is 12.2. The molecular weight excluding hydrogens is 214 g/mol. The molecule has 1 unspecified atom stereocenters. The maximum absolute atomic E-state index is 5.12. The fourth-order valence-electron chi connectivity index (χ4n) is 2.62. The number of aliphatic imine (C=N–C) groups is 1. The molecule has 0 fully saturated rings. The molecule has 0 spiro atoms. The normalized spacial score (nSPS) is 23.5. The van der Waals surface area contributed by atoms with E-state index < -0.39 is 0 Å². The SMILES string of the molecule is CCCC1=NC(CCC)(CCC)SC1CC. The van der Waals surface area contributed by atoms with Gasteiger partial charge in [0.1, 0.15) is 4.87 Å². The molecule has 94 valence electrons. The minimum absolute atomic E-state index is 0.245. The van der Waals surface area contributed by atoms with Crippen LogP contribution in [0.1, 0.15) is 72.6 Å². The van der Waals surface area contributed by atoms with Gasteiger partial charge in [-0.2, -0.15) is 0 Å². The number of hydrogen-bond donors (Lipinski definition) is 0. The first-order valence-corrected chi connectivity index (χ1v) is 7.85. The summed E-state index contributed by atoms with van der Waals surface area (Å²) in [7, 11) is 0. The molecule has 0 N–H and O–H groups in total. The minimum Gasteiger partial charge on any atom is -0.275 e. The Morgan fingerprint density at radius 1 is 1.06 bits per heavy atom. The standard InChI is InChI=1S/C14H27NS/c1-5-9-12-13(8-4)16-14(15-12,10-6-2)11-7-3/h13H,5-11H2,1-4H3. The van der Waals surface area contributed by atoms with Gasteiger partial charge < -0.3 is 0 Å². The Morgan fingerprint density at radius 3 is 2.12 bits per heavy atom. The lowest BCUT2D eigenvalue weighted by molar-refractivity contribution is 0.513. The molecule has 1 atom stereocenters. The highest BCUT2D eigenvalue weighted by atomic mass is 32.2. The highest BCUT2D eigenvalue weighted by Gasteiger charge is 2.38. The summed E-state index contributed by atoms with van der Waals surface area (Å²) in [6, 6.07) is 0. The highest BCUT2D eigenvalue weighted by Crippen LogP contribution is 2.46. The van der Waals surface area contributed by atoms with Crippen LogP contribution in [-0.4, -0.2) is 15.8 Å². The smallest absolute Gasteiger partial charge is 0.106 e. The van der Waals surface area contributed by atoms with Gasteiger partial charge in [0, 0.05) is 11.0 Å². The van der Waals surface area contributed by atoms with E-state index in [2.05, 4.69) is 39.5 Å². The Hall–Kier alpha value is 0.0200. The summed E-state index contributed by atoms with van der Waals surface area (Å²) in [6.45, 7) is 9.13. The van der Waals surface area contributed by atoms with E-state index in [-0.39, 0.29) is 4.87 Å². The maximum atomic E-state index is 5.12. The molecule has 1 aliphatic rings. The third-order valence-corrected chi connectivity index (χ3v) is 5.07. The van der Waals surface area contributed by atoms with Gasteiger partial charge in [-0.3, -0.25) is 4.99 Å². The van der Waals surface area contributed by atoms with Gasteiger partial charge in [-0.25, -0.2) is 0 Å². The lowest BCUT2D eigenvalue weighted by Gasteiger charge is -2.25. The third kappa shape index (κ3) is 3.26. The summed E-state index contributed by atoms with van der Waals surface area (Å²) < 4.78 is 0. The monoisotopic (exact) mass is 241 g/mol. The molecule has 0 saturated heterocycles. The Labute approximate surface area is 105 Å². The lowest BCUT2D eigenvalue weighted by atomic mass is 10.1. The fraction of sp³-hybridized carbons (Fsp3) is 0.929. The van der Waals surface area contributed by atoms with Gasteiger partial charge in [0.25, 0.3) is 0 Å². The van der Waals surface area contributed by atoms with E-state index >= 15 is 0 Å². The molecular formula is C14H27NS. The van der Waals surface area contributed by atoms with Crippen molar-refractivity contribution in [3.05, 3.63) is 0 Å². The predicted octanol–water partition coefficient (Wildman–Crippen LogP) is 5.05. The lowest BCUT2D eigenvalue weighted by Crippen LogP contribution is -2.19. The van der Waals surface area contributed by atoms with Crippen LogP contribution in [0.5, 0.6) is 0 Å². The predicted molar refractivity (Wildman–Crippen MR) is 76.6 cm³/mol. The molecule has 0 aliphatic carbocycles. The second-order valence-electron chi connectivity index (χ2n) is 4.81. The first-order valence-electron chi connectivity index (χ1n) is 6.97. The van der Waals surface area contributed by atoms with E-state index in [9.17, 15) is 0 Å². The average Bonchev–Trinajstić information content (AvgIpc) is 2.58. The molecule has 1 heterocycles. The zero-order valence-electron chi connectivity index (χ0n) is 11.4. The molecule has 16 heavy (non-hydrogen) atoms. The summed E-state index contributed by atoms with van der Waals surface area (Å²) in [4.78, 5) is 5.37. The van der Waals surface area contributed by atoms with Crippen molar-refractivity contribution >= 4 is 17.5 Å². The van der Waals surface area contributed by atoms with Crippen molar-refractivity contribution in [2.75, 3.05) is 0 Å². The van der Waals surface area contributed by atoms with Crippen LogP contribution in [0.4, 0.5) is 0 Å². The Balaban J connectivity index is 2.79. The highest BCUT2D eigenvalue weighted by molar-refractivity contribution is 8.02. The van der Waals surface area contributed by atoms with Crippen LogP contribution in [0.25, 0.3) is 0 Å². The zero-order chi connectivity index (χ0) is 12.0. The Morgan fingerprint density at radius 2 is 1.69 bits per heavy atom. The van der Waals surface area contributed by atoms with Crippen molar-refractivity contribution < 1.29 is 0 Å². The largest absolute Gasteiger partial charge is 0.275 e. The summed E-state index contributed by atoms with van der Waals surface area (Å²) in [6.07, 6.45) is 8.73. The number of rotatable bonds is 7. The summed E-state index contributed by atoms with van der Waals surface area (Å²) >= 11 is 2.15. The molecule has 0 aromatic carbocycles. The molecule has 1 nitrogen and oxygen atoms in total. The second-order valence-corrected chi connectivity index (χ2v) is 6.38. The number of hydrogen-bond acceptors (Lipinski definition) is 2. The molecule has 0 aromatic rings. The van der Waals surface area contributed by atoms with Gasteiger partial charge in [-0.1, -0.05) is 47.0 Å². The number of thioether (sulfide) groups is 1. The van der Waals surface area contributed by atoms with Gasteiger partial charge in [0.15, 0.2) is 0 Å². The Kier molecular flexibility index (Phi) is 5.88. The quantitative estimate of drug-likeness (QED) is 0.607. The Bertz CT molecular complexity index is 229. The van der Waals surface area contributed by atoms with Crippen molar-refractivity contribution in [1.29, 1.82) is 0 Å². The van der Waals surface area contributed by atoms with E-state index in [1.165, 1.54) is 50.7 Å². The van der Waals surface area contributed by atoms with E-state index in [1.807, 2.05) is 0 Å². The summed E-state index contributed by atoms with van der Waals surface area (Å²) in [5.74, 6) is 0. The van der Waals surface area contributed by atoms with E-state index in [0.717, 1.165) is 0 Å². The van der Waals surface area contributed by atoms with Crippen LogP contribution in [0.2, 0.25) is 0 Å². The molecule has 0 aromatic heterocycles. The minimum atomic E-state index is 0.245. The summed E-state index contributed by atoms with van der Waals surface area (Å²) in [5, 5.41) is 0.707. The molecule has 0 radical (unpaired) electrons. The van der Waals surface area contributed by atoms with Gasteiger partial charge in [0.05, 0.1) is 0 Å². The van der Waals surface area contributed by atoms with Crippen LogP contribution in [0, 0.1) is 0 Å². The van der Waals surface area contributed by atoms with Crippen LogP contribution in [-0.2, 0) is 0 Å². The topological polar surface area (TPSA) is 12.4 Å². The maximum Gasteiger partial charge on any atom is 0.106 e. The first kappa shape index (κ1) is 14.1. The van der Waals surface area contributed by atoms with Crippen molar-refractivity contribution in [1.82, 2.24) is 0 Å². The van der Waals surface area contributed by atoms with Crippen LogP contribution in [0.3, 0.4) is 0 Å². The molecule has 1 rings (SSSR count). The van der Waals surface area contributed by atoms with Gasteiger partial charge >= 0.3 is 0 Å². The van der Waals surface area contributed by atoms with Crippen LogP contribution >= 0.6 is 11.8 Å². The van der Waals surface area contributed by atoms with Gasteiger partial charge in [-0.15, -0.1) is 11.8 Å².